The van der Waals surface area contributed by atoms with Crippen LogP contribution < -0.4 is 0 Å². The van der Waals surface area contributed by atoms with Gasteiger partial charge in [-0.25, -0.2) is 0 Å². The standard InChI is InChI=1S/C15H30O3Si/c1-14(2,3)19(5,6)18-12-7-11-8-13(10-16)17-15(11,4)9-12/h11-13,16H,7-10H2,1-6H3/t11-,12-,13-,15-/m0/s1. The van der Waals surface area contributed by atoms with Crippen LogP contribution in [0.5, 0.6) is 0 Å². The van der Waals surface area contributed by atoms with Gasteiger partial charge in [0.2, 0.25) is 0 Å². The summed E-state index contributed by atoms with van der Waals surface area (Å²) in [5, 5.41) is 9.51. The smallest absolute Gasteiger partial charge is 0.192 e. The number of hydrogen-bond acceptors (Lipinski definition) is 3. The maximum Gasteiger partial charge on any atom is 0.192 e. The average Bonchev–Trinajstić information content (AvgIpc) is 2.66. The lowest BCUT2D eigenvalue weighted by molar-refractivity contribution is -0.0598. The zero-order valence-corrected chi connectivity index (χ0v) is 14.3. The summed E-state index contributed by atoms with van der Waals surface area (Å²) in [4.78, 5) is 0. The Balaban J connectivity index is 1.98. The molecule has 2 rings (SSSR count). The van der Waals surface area contributed by atoms with Gasteiger partial charge in [0.05, 0.1) is 18.3 Å². The van der Waals surface area contributed by atoms with Crippen LogP contribution >= 0.6 is 0 Å². The minimum atomic E-state index is -1.68. The summed E-state index contributed by atoms with van der Waals surface area (Å²) in [6.45, 7) is 13.9. The molecule has 3 nitrogen and oxygen atoms in total. The summed E-state index contributed by atoms with van der Waals surface area (Å²) in [7, 11) is -1.68. The van der Waals surface area contributed by atoms with Gasteiger partial charge in [0.1, 0.15) is 0 Å². The van der Waals surface area contributed by atoms with Crippen molar-refractivity contribution in [2.24, 2.45) is 5.92 Å². The molecular weight excluding hydrogens is 256 g/mol. The van der Waals surface area contributed by atoms with Gasteiger partial charge in [-0.05, 0) is 43.8 Å². The number of hydrogen-bond donors (Lipinski definition) is 1. The van der Waals surface area contributed by atoms with E-state index in [4.69, 9.17) is 9.16 Å². The summed E-state index contributed by atoms with van der Waals surface area (Å²) >= 11 is 0. The number of rotatable bonds is 3. The van der Waals surface area contributed by atoms with E-state index >= 15 is 0 Å². The molecule has 0 spiro atoms. The second-order valence-electron chi connectivity index (χ2n) is 8.11. The van der Waals surface area contributed by atoms with Gasteiger partial charge in [0, 0.05) is 12.5 Å². The summed E-state index contributed by atoms with van der Waals surface area (Å²) in [6, 6.07) is 0. The molecule has 0 aromatic heterocycles. The molecule has 1 saturated carbocycles. The van der Waals surface area contributed by atoms with E-state index in [1.807, 2.05) is 0 Å². The van der Waals surface area contributed by atoms with Crippen molar-refractivity contribution >= 4 is 8.32 Å². The molecule has 4 atom stereocenters. The van der Waals surface area contributed by atoms with E-state index in [1.165, 1.54) is 0 Å². The van der Waals surface area contributed by atoms with Crippen molar-refractivity contribution in [3.8, 4) is 0 Å². The molecular formula is C15H30O3Si. The number of ether oxygens (including phenoxy) is 1. The van der Waals surface area contributed by atoms with Gasteiger partial charge >= 0.3 is 0 Å². The van der Waals surface area contributed by atoms with Crippen molar-refractivity contribution < 1.29 is 14.3 Å². The van der Waals surface area contributed by atoms with E-state index in [9.17, 15) is 5.11 Å². The van der Waals surface area contributed by atoms with Gasteiger partial charge in [-0.1, -0.05) is 20.8 Å². The third kappa shape index (κ3) is 2.92. The molecule has 1 heterocycles. The summed E-state index contributed by atoms with van der Waals surface area (Å²) in [5.74, 6) is 0.555. The molecule has 0 unspecified atom stereocenters. The third-order valence-corrected chi connectivity index (χ3v) is 10.0. The minimum Gasteiger partial charge on any atom is -0.414 e. The molecule has 1 saturated heterocycles. The van der Waals surface area contributed by atoms with Crippen molar-refractivity contribution in [3.05, 3.63) is 0 Å². The molecule has 1 aliphatic heterocycles. The molecule has 0 amide bonds. The molecule has 0 bridgehead atoms. The summed E-state index contributed by atoms with van der Waals surface area (Å²) in [5.41, 5.74) is -0.0690. The molecule has 2 aliphatic rings. The largest absolute Gasteiger partial charge is 0.414 e. The molecule has 0 radical (unpaired) electrons. The van der Waals surface area contributed by atoms with Gasteiger partial charge in [-0.3, -0.25) is 0 Å². The van der Waals surface area contributed by atoms with Crippen LogP contribution in [0, 0.1) is 5.92 Å². The Bertz CT molecular complexity index is 337. The Labute approximate surface area is 118 Å². The van der Waals surface area contributed by atoms with E-state index in [0.717, 1.165) is 19.3 Å². The van der Waals surface area contributed by atoms with Crippen LogP contribution in [0.4, 0.5) is 0 Å². The first-order chi connectivity index (χ1) is 8.57. The number of fused-ring (bicyclic) bond motifs is 1. The van der Waals surface area contributed by atoms with Crippen LogP contribution in [-0.2, 0) is 9.16 Å². The van der Waals surface area contributed by atoms with E-state index in [2.05, 4.69) is 40.8 Å². The first-order valence-electron chi connectivity index (χ1n) is 7.54. The predicted octanol–water partition coefficient (Wildman–Crippen LogP) is 3.33. The summed E-state index contributed by atoms with van der Waals surface area (Å²) < 4.78 is 12.6. The normalized spacial score (nSPS) is 39.6. The van der Waals surface area contributed by atoms with Crippen molar-refractivity contribution in [2.75, 3.05) is 6.61 Å². The van der Waals surface area contributed by atoms with Crippen molar-refractivity contribution in [2.45, 2.75) is 82.9 Å². The first kappa shape index (κ1) is 15.5. The predicted molar refractivity (Wildman–Crippen MR) is 79.8 cm³/mol. The Kier molecular flexibility index (Phi) is 3.94. The van der Waals surface area contributed by atoms with E-state index in [0.29, 0.717) is 12.0 Å². The highest BCUT2D eigenvalue weighted by molar-refractivity contribution is 6.74. The first-order valence-corrected chi connectivity index (χ1v) is 10.4. The lowest BCUT2D eigenvalue weighted by Gasteiger charge is -2.39. The maximum absolute atomic E-state index is 9.25. The molecule has 4 heteroatoms. The van der Waals surface area contributed by atoms with Gasteiger partial charge < -0.3 is 14.3 Å². The fourth-order valence-electron chi connectivity index (χ4n) is 3.30. The highest BCUT2D eigenvalue weighted by Gasteiger charge is 2.53. The topological polar surface area (TPSA) is 38.7 Å². The van der Waals surface area contributed by atoms with Crippen LogP contribution in [0.15, 0.2) is 0 Å². The molecule has 2 fully saturated rings. The van der Waals surface area contributed by atoms with Crippen molar-refractivity contribution in [1.29, 1.82) is 0 Å². The van der Waals surface area contributed by atoms with Crippen LogP contribution in [0.3, 0.4) is 0 Å². The van der Waals surface area contributed by atoms with Crippen LogP contribution in [0.1, 0.15) is 47.0 Å². The Hall–Kier alpha value is 0.0969. The van der Waals surface area contributed by atoms with E-state index in [-0.39, 0.29) is 23.4 Å². The second kappa shape index (κ2) is 4.83. The van der Waals surface area contributed by atoms with Gasteiger partial charge in [0.15, 0.2) is 8.32 Å². The van der Waals surface area contributed by atoms with Crippen molar-refractivity contribution in [1.82, 2.24) is 0 Å². The molecule has 1 N–H and O–H groups in total. The lowest BCUT2D eigenvalue weighted by atomic mass is 9.92. The lowest BCUT2D eigenvalue weighted by Crippen LogP contribution is -2.44. The van der Waals surface area contributed by atoms with Crippen LogP contribution in [0.2, 0.25) is 18.1 Å². The molecule has 112 valence electrons. The highest BCUT2D eigenvalue weighted by Crippen LogP contribution is 2.50. The Morgan fingerprint density at radius 2 is 1.95 bits per heavy atom. The molecule has 0 aromatic carbocycles. The zero-order chi connectivity index (χ0) is 14.5. The van der Waals surface area contributed by atoms with E-state index < -0.39 is 8.32 Å². The zero-order valence-electron chi connectivity index (χ0n) is 13.3. The molecule has 0 aromatic rings. The average molecular weight is 286 g/mol. The third-order valence-electron chi connectivity index (χ3n) is 5.50. The molecule has 19 heavy (non-hydrogen) atoms. The van der Waals surface area contributed by atoms with Crippen molar-refractivity contribution in [3.63, 3.8) is 0 Å². The number of aliphatic hydroxyl groups is 1. The van der Waals surface area contributed by atoms with Crippen LogP contribution in [0.25, 0.3) is 0 Å². The second-order valence-corrected chi connectivity index (χ2v) is 12.9. The number of aliphatic hydroxyl groups excluding tert-OH is 1. The monoisotopic (exact) mass is 286 g/mol. The fraction of sp³-hybridized carbons (Fsp3) is 1.00. The van der Waals surface area contributed by atoms with E-state index in [1.54, 1.807) is 0 Å². The maximum atomic E-state index is 9.25. The fourth-order valence-corrected chi connectivity index (χ4v) is 4.67. The minimum absolute atomic E-state index is 0.0452. The highest BCUT2D eigenvalue weighted by atomic mass is 28.4. The quantitative estimate of drug-likeness (QED) is 0.809. The molecule has 1 aliphatic carbocycles. The van der Waals surface area contributed by atoms with Gasteiger partial charge in [-0.2, -0.15) is 0 Å². The van der Waals surface area contributed by atoms with Gasteiger partial charge in [-0.15, -0.1) is 0 Å². The van der Waals surface area contributed by atoms with Crippen LogP contribution in [-0.4, -0.2) is 37.8 Å². The Morgan fingerprint density at radius 1 is 1.32 bits per heavy atom. The summed E-state index contributed by atoms with van der Waals surface area (Å²) in [6.07, 6.45) is 3.46. The SMILES string of the molecule is CC(C)(C)[Si](C)(C)O[C@H]1C[C@H]2C[C@@H](CO)O[C@@]2(C)C1. The van der Waals surface area contributed by atoms with Gasteiger partial charge in [0.25, 0.3) is 0 Å². The Morgan fingerprint density at radius 3 is 2.42 bits per heavy atom.